The summed E-state index contributed by atoms with van der Waals surface area (Å²) in [4.78, 5) is 40.4. The summed E-state index contributed by atoms with van der Waals surface area (Å²) in [5.74, 6) is -0.766. The van der Waals surface area contributed by atoms with Crippen molar-refractivity contribution in [1.82, 2.24) is 14.4 Å². The number of carbonyl (C=O) groups excluding carboxylic acids is 2. The second-order valence-corrected chi connectivity index (χ2v) is 7.21. The molecule has 29 heavy (non-hydrogen) atoms. The Balaban J connectivity index is 0.00000300. The van der Waals surface area contributed by atoms with E-state index >= 15 is 0 Å². The predicted molar refractivity (Wildman–Crippen MR) is 112 cm³/mol. The molecular weight excluding hydrogens is 399 g/mol. The maximum atomic E-state index is 14.1. The van der Waals surface area contributed by atoms with Gasteiger partial charge in [-0.05, 0) is 36.9 Å². The third kappa shape index (κ3) is 4.76. The molecule has 0 radical (unpaired) electrons. The molecule has 0 bridgehead atoms. The molecule has 1 aromatic heterocycles. The van der Waals surface area contributed by atoms with Crippen molar-refractivity contribution >= 4 is 35.0 Å². The minimum atomic E-state index is -0.554. The smallest absolute Gasteiger partial charge is 0.261 e. The highest BCUT2D eigenvalue weighted by molar-refractivity contribution is 5.86. The Labute approximate surface area is 174 Å². The number of pyridine rings is 1. The van der Waals surface area contributed by atoms with Crippen LogP contribution in [0.25, 0.3) is 10.8 Å². The lowest BCUT2D eigenvalue weighted by molar-refractivity contribution is -0.140. The lowest BCUT2D eigenvalue weighted by Gasteiger charge is -2.35. The summed E-state index contributed by atoms with van der Waals surface area (Å²) >= 11 is 0. The van der Waals surface area contributed by atoms with Gasteiger partial charge in [-0.1, -0.05) is 6.07 Å². The van der Waals surface area contributed by atoms with E-state index in [2.05, 4.69) is 0 Å². The van der Waals surface area contributed by atoms with Crippen molar-refractivity contribution in [3.05, 3.63) is 46.1 Å². The molecule has 9 heteroatoms. The minimum Gasteiger partial charge on any atom is -0.339 e. The van der Waals surface area contributed by atoms with Gasteiger partial charge in [0, 0.05) is 45.3 Å². The summed E-state index contributed by atoms with van der Waals surface area (Å²) in [5, 5.41) is 0.639. The number of aromatic nitrogens is 1. The molecule has 1 fully saturated rings. The molecular formula is C20H26ClFN4O3. The molecule has 158 valence electrons. The van der Waals surface area contributed by atoms with Crippen LogP contribution in [-0.2, 0) is 16.1 Å². The third-order valence-electron chi connectivity index (χ3n) is 5.21. The Morgan fingerprint density at radius 3 is 2.38 bits per heavy atom. The number of carbonyl (C=O) groups is 2. The van der Waals surface area contributed by atoms with Crippen molar-refractivity contribution in [2.45, 2.75) is 32.9 Å². The van der Waals surface area contributed by atoms with Gasteiger partial charge >= 0.3 is 0 Å². The molecule has 0 saturated carbocycles. The van der Waals surface area contributed by atoms with Gasteiger partial charge in [-0.15, -0.1) is 12.4 Å². The van der Waals surface area contributed by atoms with E-state index in [0.29, 0.717) is 31.6 Å². The molecule has 1 saturated heterocycles. The Hall–Kier alpha value is -2.45. The number of halogens is 2. The van der Waals surface area contributed by atoms with Crippen molar-refractivity contribution in [3.8, 4) is 0 Å². The van der Waals surface area contributed by atoms with Crippen molar-refractivity contribution < 1.29 is 14.0 Å². The maximum Gasteiger partial charge on any atom is 0.261 e. The number of hydrogen-bond donors (Lipinski definition) is 1. The Morgan fingerprint density at radius 2 is 1.76 bits per heavy atom. The number of nitrogens with two attached hydrogens (primary N) is 1. The minimum absolute atomic E-state index is 0. The summed E-state index contributed by atoms with van der Waals surface area (Å²) in [5.41, 5.74) is 6.01. The van der Waals surface area contributed by atoms with E-state index in [1.54, 1.807) is 35.1 Å². The van der Waals surface area contributed by atoms with E-state index < -0.39 is 17.4 Å². The summed E-state index contributed by atoms with van der Waals surface area (Å²) in [7, 11) is 0. The molecule has 0 spiro atoms. The molecule has 1 aliphatic heterocycles. The van der Waals surface area contributed by atoms with Gasteiger partial charge in [0.25, 0.3) is 5.56 Å². The summed E-state index contributed by atoms with van der Waals surface area (Å²) in [6.45, 7) is 5.44. The zero-order chi connectivity index (χ0) is 20.4. The highest BCUT2D eigenvalue weighted by atomic mass is 35.5. The van der Waals surface area contributed by atoms with E-state index in [9.17, 15) is 18.8 Å². The Bertz CT molecular complexity index is 968. The maximum absolute atomic E-state index is 14.1. The molecule has 2 aromatic rings. The molecule has 1 aromatic carbocycles. The molecule has 0 aliphatic carbocycles. The number of piperazine rings is 1. The van der Waals surface area contributed by atoms with E-state index in [1.807, 2.05) is 6.92 Å². The summed E-state index contributed by atoms with van der Waals surface area (Å²) < 4.78 is 15.5. The largest absolute Gasteiger partial charge is 0.339 e. The van der Waals surface area contributed by atoms with Gasteiger partial charge < -0.3 is 20.1 Å². The summed E-state index contributed by atoms with van der Waals surface area (Å²) in [6.07, 6.45) is 1.74. The van der Waals surface area contributed by atoms with Crippen LogP contribution in [0.2, 0.25) is 0 Å². The Morgan fingerprint density at radius 1 is 1.14 bits per heavy atom. The van der Waals surface area contributed by atoms with Crippen molar-refractivity contribution in [2.75, 3.05) is 26.2 Å². The van der Waals surface area contributed by atoms with Gasteiger partial charge in [0.2, 0.25) is 11.8 Å². The first-order valence-corrected chi connectivity index (χ1v) is 9.40. The number of hydrogen-bond acceptors (Lipinski definition) is 4. The van der Waals surface area contributed by atoms with Crippen LogP contribution < -0.4 is 11.3 Å². The molecule has 2 amide bonds. The highest BCUT2D eigenvalue weighted by Gasteiger charge is 2.25. The number of nitrogens with zero attached hydrogens (tertiary/aromatic N) is 3. The molecule has 2 heterocycles. The SMILES string of the molecule is Cc1ccc(F)c2c(=O)n(CCC(=O)N3CCN(C(=O)[C@H](C)N)CC3)ccc12.Cl. The van der Waals surface area contributed by atoms with Gasteiger partial charge in [0.15, 0.2) is 0 Å². The zero-order valence-electron chi connectivity index (χ0n) is 16.6. The van der Waals surface area contributed by atoms with Crippen LogP contribution in [-0.4, -0.2) is 58.4 Å². The quantitative estimate of drug-likeness (QED) is 0.800. The molecule has 0 unspecified atom stereocenters. The van der Waals surface area contributed by atoms with Gasteiger partial charge in [0.05, 0.1) is 11.4 Å². The van der Waals surface area contributed by atoms with Crippen molar-refractivity contribution in [3.63, 3.8) is 0 Å². The van der Waals surface area contributed by atoms with Crippen LogP contribution >= 0.6 is 12.4 Å². The topological polar surface area (TPSA) is 88.6 Å². The number of amides is 2. The molecule has 1 aliphatic rings. The van der Waals surface area contributed by atoms with Gasteiger partial charge in [0.1, 0.15) is 5.82 Å². The van der Waals surface area contributed by atoms with Crippen LogP contribution in [0.15, 0.2) is 29.2 Å². The fourth-order valence-corrected chi connectivity index (χ4v) is 3.52. The number of benzene rings is 1. The van der Waals surface area contributed by atoms with Crippen LogP contribution in [0.5, 0.6) is 0 Å². The number of fused-ring (bicyclic) bond motifs is 1. The van der Waals surface area contributed by atoms with Crippen LogP contribution in [0.4, 0.5) is 4.39 Å². The Kier molecular flexibility index (Phi) is 7.37. The first-order chi connectivity index (χ1) is 13.3. The van der Waals surface area contributed by atoms with Crippen LogP contribution in [0, 0.1) is 12.7 Å². The number of rotatable bonds is 4. The lowest BCUT2D eigenvalue weighted by atomic mass is 10.1. The van der Waals surface area contributed by atoms with Crippen molar-refractivity contribution in [2.24, 2.45) is 5.73 Å². The van der Waals surface area contributed by atoms with Crippen LogP contribution in [0.1, 0.15) is 18.9 Å². The third-order valence-corrected chi connectivity index (χ3v) is 5.21. The van der Waals surface area contributed by atoms with E-state index in [-0.39, 0.29) is 42.6 Å². The second-order valence-electron chi connectivity index (χ2n) is 7.21. The monoisotopic (exact) mass is 424 g/mol. The average molecular weight is 425 g/mol. The molecule has 7 nitrogen and oxygen atoms in total. The fourth-order valence-electron chi connectivity index (χ4n) is 3.52. The van der Waals surface area contributed by atoms with Crippen LogP contribution in [0.3, 0.4) is 0 Å². The fraction of sp³-hybridized carbons (Fsp3) is 0.450. The normalized spacial score (nSPS) is 15.2. The first kappa shape index (κ1) is 22.8. The molecule has 2 N–H and O–H groups in total. The predicted octanol–water partition coefficient (Wildman–Crippen LogP) is 1.28. The van der Waals surface area contributed by atoms with Gasteiger partial charge in [-0.25, -0.2) is 4.39 Å². The first-order valence-electron chi connectivity index (χ1n) is 9.40. The average Bonchev–Trinajstić information content (AvgIpc) is 2.69. The molecule has 3 rings (SSSR count). The van der Waals surface area contributed by atoms with Gasteiger partial charge in [-0.2, -0.15) is 0 Å². The van der Waals surface area contributed by atoms with E-state index in [0.717, 1.165) is 5.56 Å². The number of aryl methyl sites for hydroxylation is 2. The van der Waals surface area contributed by atoms with Crippen molar-refractivity contribution in [1.29, 1.82) is 0 Å². The molecule has 1 atom stereocenters. The van der Waals surface area contributed by atoms with E-state index in [1.165, 1.54) is 10.6 Å². The van der Waals surface area contributed by atoms with E-state index in [4.69, 9.17) is 5.73 Å². The zero-order valence-corrected chi connectivity index (χ0v) is 17.4. The lowest BCUT2D eigenvalue weighted by Crippen LogP contribution is -2.53. The summed E-state index contributed by atoms with van der Waals surface area (Å²) in [6, 6.07) is 4.09. The standard InChI is InChI=1S/C20H25FN4O3.ClH/c1-13-3-4-16(21)18-15(13)5-7-24(20(18)28)8-6-17(26)23-9-11-25(12-10-23)19(27)14(2)22;/h3-5,7,14H,6,8-12,22H2,1-2H3;1H/t14-;/m0./s1. The second kappa shape index (κ2) is 9.37. The van der Waals surface area contributed by atoms with Gasteiger partial charge in [-0.3, -0.25) is 14.4 Å². The highest BCUT2D eigenvalue weighted by Crippen LogP contribution is 2.18.